The standard InChI is InChI=1S/C23H25N3O3S/c27-20-16(12-24-23(20)6-7-23)22-25-21(28)19(30-22)11-15-4-5-18-17(10-15)26(8-9-29-18)13-14-2-1-3-14/h4-5,10-11,14,24H,1-3,6-9,12-13H2,(H,25,28)/b19-11-,22-16+. The van der Waals surface area contributed by atoms with Gasteiger partial charge in [-0.3, -0.25) is 9.59 Å². The third kappa shape index (κ3) is 3.03. The van der Waals surface area contributed by atoms with Crippen molar-refractivity contribution in [3.8, 4) is 5.75 Å². The van der Waals surface area contributed by atoms with E-state index in [1.807, 2.05) is 18.2 Å². The van der Waals surface area contributed by atoms with Crippen LogP contribution in [0.4, 0.5) is 5.69 Å². The highest BCUT2D eigenvalue weighted by Gasteiger charge is 2.54. The number of ether oxygens (including phenoxy) is 1. The maximum absolute atomic E-state index is 12.6. The Morgan fingerprint density at radius 1 is 1.27 bits per heavy atom. The number of carbonyl (C=O) groups is 1. The molecule has 0 atom stereocenters. The van der Waals surface area contributed by atoms with Gasteiger partial charge in [-0.15, -0.1) is 11.3 Å². The fourth-order valence-electron chi connectivity index (χ4n) is 4.71. The summed E-state index contributed by atoms with van der Waals surface area (Å²) in [7, 11) is 0. The number of nitrogens with one attached hydrogen (secondary N) is 2. The van der Waals surface area contributed by atoms with E-state index in [1.165, 1.54) is 30.6 Å². The van der Waals surface area contributed by atoms with E-state index in [-0.39, 0.29) is 16.9 Å². The van der Waals surface area contributed by atoms with Crippen LogP contribution in [0.15, 0.2) is 23.0 Å². The summed E-state index contributed by atoms with van der Waals surface area (Å²) in [6, 6.07) is 6.13. The lowest BCUT2D eigenvalue weighted by atomic mass is 9.85. The normalized spacial score (nSPS) is 24.7. The van der Waals surface area contributed by atoms with Crippen LogP contribution in [0, 0.1) is 5.92 Å². The average Bonchev–Trinajstić information content (AvgIpc) is 3.33. The largest absolute Gasteiger partial charge is 0.490 e. The maximum atomic E-state index is 12.6. The molecule has 2 aliphatic carbocycles. The molecule has 0 amide bonds. The molecule has 1 spiro atoms. The molecular formula is C23H25N3O3S. The quantitative estimate of drug-likeness (QED) is 0.774. The highest BCUT2D eigenvalue weighted by molar-refractivity contribution is 7.07. The summed E-state index contributed by atoms with van der Waals surface area (Å²) in [5.41, 5.74) is 2.36. The molecule has 30 heavy (non-hydrogen) atoms. The number of benzene rings is 1. The molecule has 6 rings (SSSR count). The highest BCUT2D eigenvalue weighted by Crippen LogP contribution is 2.41. The van der Waals surface area contributed by atoms with Crippen molar-refractivity contribution in [2.75, 3.05) is 31.1 Å². The molecule has 7 heteroatoms. The Kier molecular flexibility index (Phi) is 4.18. The van der Waals surface area contributed by atoms with E-state index in [1.54, 1.807) is 0 Å². The van der Waals surface area contributed by atoms with Gasteiger partial charge in [-0.2, -0.15) is 0 Å². The number of aromatic amines is 1. The lowest BCUT2D eigenvalue weighted by Gasteiger charge is -2.37. The maximum Gasteiger partial charge on any atom is 0.266 e. The second-order valence-electron chi connectivity index (χ2n) is 8.96. The molecule has 6 nitrogen and oxygen atoms in total. The summed E-state index contributed by atoms with van der Waals surface area (Å²) in [5.74, 6) is 1.87. The zero-order valence-electron chi connectivity index (χ0n) is 16.8. The molecule has 2 aliphatic heterocycles. The Balaban J connectivity index is 1.35. The number of fused-ring (bicyclic) bond motifs is 1. The monoisotopic (exact) mass is 423 g/mol. The van der Waals surface area contributed by atoms with Crippen molar-refractivity contribution < 1.29 is 9.53 Å². The molecule has 1 aromatic heterocycles. The van der Waals surface area contributed by atoms with Gasteiger partial charge in [0.25, 0.3) is 5.56 Å². The number of thiazole rings is 1. The first kappa shape index (κ1) is 18.4. The third-order valence-electron chi connectivity index (χ3n) is 6.94. The van der Waals surface area contributed by atoms with E-state index in [4.69, 9.17) is 4.74 Å². The number of carbonyl (C=O) groups excluding carboxylic acids is 1. The second-order valence-corrected chi connectivity index (χ2v) is 10.0. The first-order chi connectivity index (χ1) is 14.6. The van der Waals surface area contributed by atoms with Gasteiger partial charge in [0.1, 0.15) is 17.0 Å². The second kappa shape index (κ2) is 6.82. The van der Waals surface area contributed by atoms with Gasteiger partial charge in [-0.25, -0.2) is 0 Å². The summed E-state index contributed by atoms with van der Waals surface area (Å²) >= 11 is 1.38. The van der Waals surface area contributed by atoms with Crippen LogP contribution in [0.1, 0.15) is 37.7 Å². The van der Waals surface area contributed by atoms with Crippen LogP contribution in [0.25, 0.3) is 11.6 Å². The van der Waals surface area contributed by atoms with Crippen LogP contribution in [0.3, 0.4) is 0 Å². The van der Waals surface area contributed by atoms with Crippen molar-refractivity contribution in [2.45, 2.75) is 37.6 Å². The zero-order valence-corrected chi connectivity index (χ0v) is 17.6. The minimum Gasteiger partial charge on any atom is -0.490 e. The minimum atomic E-state index is -0.331. The Morgan fingerprint density at radius 3 is 2.87 bits per heavy atom. The van der Waals surface area contributed by atoms with E-state index < -0.39 is 0 Å². The smallest absolute Gasteiger partial charge is 0.266 e. The first-order valence-corrected chi connectivity index (χ1v) is 11.7. The molecule has 3 fully saturated rings. The van der Waals surface area contributed by atoms with Crippen LogP contribution in [-0.2, 0) is 4.79 Å². The number of nitrogens with zero attached hydrogens (tertiary/aromatic N) is 1. The molecule has 0 radical (unpaired) electrons. The Morgan fingerprint density at radius 2 is 2.13 bits per heavy atom. The van der Waals surface area contributed by atoms with E-state index in [0.29, 0.717) is 15.7 Å². The van der Waals surface area contributed by atoms with Crippen molar-refractivity contribution in [2.24, 2.45) is 5.92 Å². The average molecular weight is 424 g/mol. The number of rotatable bonds is 3. The van der Waals surface area contributed by atoms with Gasteiger partial charge in [0.05, 0.1) is 22.3 Å². The molecule has 0 unspecified atom stereocenters. The van der Waals surface area contributed by atoms with Gasteiger partial charge in [0.2, 0.25) is 0 Å². The predicted octanol–water partition coefficient (Wildman–Crippen LogP) is 1.12. The molecule has 156 valence electrons. The van der Waals surface area contributed by atoms with Crippen LogP contribution < -0.4 is 29.7 Å². The van der Waals surface area contributed by atoms with Gasteiger partial charge >= 0.3 is 0 Å². The molecule has 2 N–H and O–H groups in total. The fraction of sp³-hybridized carbons (Fsp3) is 0.478. The number of hydrogen-bond acceptors (Lipinski definition) is 6. The molecule has 2 aromatic rings. The van der Waals surface area contributed by atoms with E-state index in [9.17, 15) is 9.59 Å². The van der Waals surface area contributed by atoms with E-state index in [2.05, 4.69) is 21.3 Å². The van der Waals surface area contributed by atoms with Gasteiger partial charge in [0, 0.05) is 18.7 Å². The summed E-state index contributed by atoms with van der Waals surface area (Å²) in [4.78, 5) is 30.6. The highest BCUT2D eigenvalue weighted by atomic mass is 32.1. The lowest BCUT2D eigenvalue weighted by Crippen LogP contribution is -2.38. The molecule has 0 bridgehead atoms. The molecule has 1 aromatic carbocycles. The fourth-order valence-corrected chi connectivity index (χ4v) is 5.70. The topological polar surface area (TPSA) is 74.4 Å². The summed E-state index contributed by atoms with van der Waals surface area (Å²) in [6.07, 6.45) is 7.71. The van der Waals surface area contributed by atoms with Gasteiger partial charge in [-0.1, -0.05) is 12.5 Å². The number of hydrogen-bond donors (Lipinski definition) is 2. The molecule has 4 aliphatic rings. The minimum absolute atomic E-state index is 0.132. The van der Waals surface area contributed by atoms with Gasteiger partial charge in [0.15, 0.2) is 5.78 Å². The molecular weight excluding hydrogens is 398 g/mol. The first-order valence-electron chi connectivity index (χ1n) is 10.9. The lowest BCUT2D eigenvalue weighted by molar-refractivity contribution is -0.115. The summed E-state index contributed by atoms with van der Waals surface area (Å²) in [6.45, 7) is 3.25. The Hall–Kier alpha value is -2.38. The molecule has 3 heterocycles. The van der Waals surface area contributed by atoms with Crippen LogP contribution >= 0.6 is 11.3 Å². The van der Waals surface area contributed by atoms with Crippen molar-refractivity contribution in [3.63, 3.8) is 0 Å². The number of anilines is 1. The van der Waals surface area contributed by atoms with Crippen molar-refractivity contribution >= 4 is 34.5 Å². The van der Waals surface area contributed by atoms with Crippen LogP contribution in [-0.4, -0.2) is 42.5 Å². The Bertz CT molecular complexity index is 1200. The van der Waals surface area contributed by atoms with Gasteiger partial charge < -0.3 is 19.9 Å². The number of Topliss-reactive ketones (excluding diaryl/α,β-unsaturated/α-hetero) is 1. The van der Waals surface area contributed by atoms with Crippen LogP contribution in [0.2, 0.25) is 0 Å². The summed E-state index contributed by atoms with van der Waals surface area (Å²) < 4.78 is 7.18. The predicted molar refractivity (Wildman–Crippen MR) is 118 cm³/mol. The van der Waals surface area contributed by atoms with Crippen molar-refractivity contribution in [3.05, 3.63) is 43.3 Å². The Labute approximate surface area is 178 Å². The molecule has 2 saturated carbocycles. The van der Waals surface area contributed by atoms with Crippen molar-refractivity contribution in [1.29, 1.82) is 0 Å². The zero-order chi connectivity index (χ0) is 20.3. The van der Waals surface area contributed by atoms with Crippen molar-refractivity contribution in [1.82, 2.24) is 10.3 Å². The SMILES string of the molecule is O=C1/C(=c2\[nH]c(=O)/c(=C/c3ccc4c(c3)N(CC3CCC3)CCO4)s2)CNC12CC2. The summed E-state index contributed by atoms with van der Waals surface area (Å²) in [5, 5.41) is 3.32. The number of H-pyrrole nitrogens is 1. The number of aromatic nitrogens is 1. The van der Waals surface area contributed by atoms with Gasteiger partial charge in [-0.05, 0) is 55.4 Å². The number of ketones is 1. The van der Waals surface area contributed by atoms with Crippen LogP contribution in [0.5, 0.6) is 5.75 Å². The third-order valence-corrected chi connectivity index (χ3v) is 8.02. The van der Waals surface area contributed by atoms with E-state index in [0.717, 1.165) is 61.0 Å². The molecule has 1 saturated heterocycles. The van der Waals surface area contributed by atoms with E-state index >= 15 is 0 Å².